The minimum atomic E-state index is -2.56. The Hall–Kier alpha value is -2.74. The van der Waals surface area contributed by atoms with E-state index < -0.39 is 6.43 Å². The van der Waals surface area contributed by atoms with Gasteiger partial charge >= 0.3 is 0 Å². The van der Waals surface area contributed by atoms with Gasteiger partial charge in [-0.25, -0.2) is 8.78 Å². The molecule has 0 heterocycles. The second-order valence-corrected chi connectivity index (χ2v) is 5.19. The molecule has 3 aromatic rings. The quantitative estimate of drug-likeness (QED) is 0.526. The zero-order chi connectivity index (χ0) is 16.1. The molecule has 0 aliphatic carbocycles. The Balaban J connectivity index is 2.32. The van der Waals surface area contributed by atoms with Crippen LogP contribution in [0.1, 0.15) is 16.7 Å². The number of halogens is 2. The van der Waals surface area contributed by atoms with Crippen molar-refractivity contribution in [2.24, 2.45) is 0 Å². The van der Waals surface area contributed by atoms with E-state index in [1.54, 1.807) is 24.3 Å². The molecule has 0 aliphatic rings. The van der Waals surface area contributed by atoms with Crippen molar-refractivity contribution in [3.05, 3.63) is 108 Å². The molecule has 0 nitrogen and oxygen atoms in total. The van der Waals surface area contributed by atoms with Crippen molar-refractivity contribution in [2.75, 3.05) is 0 Å². The van der Waals surface area contributed by atoms with Crippen molar-refractivity contribution >= 4 is 11.1 Å². The SMILES string of the molecule is FC(F)C(=C(c1ccccc1)c1ccccc1)c1ccccc1. The molecule has 3 aromatic carbocycles. The van der Waals surface area contributed by atoms with Crippen LogP contribution in [0.3, 0.4) is 0 Å². The first-order chi connectivity index (χ1) is 11.3. The highest BCUT2D eigenvalue weighted by Gasteiger charge is 2.21. The lowest BCUT2D eigenvalue weighted by Crippen LogP contribution is -2.02. The molecule has 0 saturated carbocycles. The third kappa shape index (κ3) is 3.37. The highest BCUT2D eigenvalue weighted by Crippen LogP contribution is 2.35. The maximum atomic E-state index is 13.9. The number of allylic oxidation sites excluding steroid dienone is 1. The van der Waals surface area contributed by atoms with Gasteiger partial charge < -0.3 is 0 Å². The summed E-state index contributed by atoms with van der Waals surface area (Å²) in [7, 11) is 0. The first kappa shape index (κ1) is 15.2. The van der Waals surface area contributed by atoms with Crippen molar-refractivity contribution in [1.82, 2.24) is 0 Å². The zero-order valence-electron chi connectivity index (χ0n) is 12.5. The number of rotatable bonds is 4. The number of hydrogen-bond acceptors (Lipinski definition) is 0. The molecule has 0 spiro atoms. The van der Waals surface area contributed by atoms with Gasteiger partial charge in [0.15, 0.2) is 0 Å². The van der Waals surface area contributed by atoms with Crippen LogP contribution in [0.25, 0.3) is 11.1 Å². The van der Waals surface area contributed by atoms with Gasteiger partial charge in [-0.1, -0.05) is 91.0 Å². The topological polar surface area (TPSA) is 0 Å². The van der Waals surface area contributed by atoms with E-state index in [4.69, 9.17) is 0 Å². The predicted octanol–water partition coefficient (Wildman–Crippen LogP) is 5.91. The zero-order valence-corrected chi connectivity index (χ0v) is 12.5. The molecule has 0 unspecified atom stereocenters. The largest absolute Gasteiger partial charge is 0.265 e. The summed E-state index contributed by atoms with van der Waals surface area (Å²) in [5.41, 5.74) is 2.76. The van der Waals surface area contributed by atoms with Crippen LogP contribution in [0.4, 0.5) is 8.78 Å². The second kappa shape index (κ2) is 7.01. The van der Waals surface area contributed by atoms with Crippen LogP contribution in [-0.2, 0) is 0 Å². The fourth-order valence-electron chi connectivity index (χ4n) is 2.68. The summed E-state index contributed by atoms with van der Waals surface area (Å²) in [5, 5.41) is 0. The highest BCUT2D eigenvalue weighted by atomic mass is 19.3. The van der Waals surface area contributed by atoms with Gasteiger partial charge in [-0.05, 0) is 22.3 Å². The number of alkyl halides is 2. The van der Waals surface area contributed by atoms with Crippen molar-refractivity contribution in [3.8, 4) is 0 Å². The lowest BCUT2D eigenvalue weighted by Gasteiger charge is -2.16. The molecule has 2 heteroatoms. The molecule has 0 radical (unpaired) electrons. The van der Waals surface area contributed by atoms with Gasteiger partial charge in [0.05, 0.1) is 0 Å². The third-order valence-electron chi connectivity index (χ3n) is 3.70. The van der Waals surface area contributed by atoms with Crippen LogP contribution >= 0.6 is 0 Å². The predicted molar refractivity (Wildman–Crippen MR) is 91.2 cm³/mol. The summed E-state index contributed by atoms with van der Waals surface area (Å²) in [4.78, 5) is 0. The Morgan fingerprint density at radius 3 is 1.22 bits per heavy atom. The number of benzene rings is 3. The normalized spacial score (nSPS) is 10.6. The Bertz CT molecular complexity index is 734. The van der Waals surface area contributed by atoms with E-state index in [0.717, 1.165) is 11.1 Å². The van der Waals surface area contributed by atoms with Gasteiger partial charge in [0, 0.05) is 5.57 Å². The van der Waals surface area contributed by atoms with E-state index in [1.165, 1.54) is 0 Å². The van der Waals surface area contributed by atoms with Crippen LogP contribution < -0.4 is 0 Å². The molecule has 0 aliphatic heterocycles. The van der Waals surface area contributed by atoms with E-state index in [1.807, 2.05) is 66.7 Å². The molecule has 23 heavy (non-hydrogen) atoms. The van der Waals surface area contributed by atoms with Crippen molar-refractivity contribution in [3.63, 3.8) is 0 Å². The van der Waals surface area contributed by atoms with E-state index in [2.05, 4.69) is 0 Å². The average Bonchev–Trinajstić information content (AvgIpc) is 2.61. The van der Waals surface area contributed by atoms with E-state index in [0.29, 0.717) is 11.1 Å². The number of hydrogen-bond donors (Lipinski definition) is 0. The molecular formula is C21H16F2. The van der Waals surface area contributed by atoms with E-state index in [-0.39, 0.29) is 5.57 Å². The maximum Gasteiger partial charge on any atom is 0.265 e. The van der Waals surface area contributed by atoms with E-state index in [9.17, 15) is 8.78 Å². The van der Waals surface area contributed by atoms with Crippen molar-refractivity contribution < 1.29 is 8.78 Å². The summed E-state index contributed by atoms with van der Waals surface area (Å²) in [6, 6.07) is 27.6. The molecule has 0 aromatic heterocycles. The summed E-state index contributed by atoms with van der Waals surface area (Å²) >= 11 is 0. The Morgan fingerprint density at radius 1 is 0.522 bits per heavy atom. The van der Waals surface area contributed by atoms with Gasteiger partial charge in [0.1, 0.15) is 0 Å². The summed E-state index contributed by atoms with van der Waals surface area (Å²) in [6.07, 6.45) is -2.56. The van der Waals surface area contributed by atoms with Gasteiger partial charge in [-0.3, -0.25) is 0 Å². The minimum Gasteiger partial charge on any atom is -0.205 e. The second-order valence-electron chi connectivity index (χ2n) is 5.19. The first-order valence-electron chi connectivity index (χ1n) is 7.46. The molecule has 0 fully saturated rings. The van der Waals surface area contributed by atoms with Crippen LogP contribution in [-0.4, -0.2) is 6.43 Å². The summed E-state index contributed by atoms with van der Waals surface area (Å²) in [5.74, 6) is 0. The average molecular weight is 306 g/mol. The van der Waals surface area contributed by atoms with Gasteiger partial charge in [-0.15, -0.1) is 0 Å². The standard InChI is InChI=1S/C21H16F2/c22-21(23)20(18-14-8-3-9-15-18)19(16-10-4-1-5-11-16)17-12-6-2-7-13-17/h1-15,21H. The Kier molecular flexibility index (Phi) is 4.62. The molecule has 0 N–H and O–H groups in total. The fourth-order valence-corrected chi connectivity index (χ4v) is 2.68. The minimum absolute atomic E-state index is 0.0583. The van der Waals surface area contributed by atoms with Gasteiger partial charge in [0.2, 0.25) is 0 Å². The molecule has 0 bridgehead atoms. The Morgan fingerprint density at radius 2 is 0.870 bits per heavy atom. The maximum absolute atomic E-state index is 13.9. The summed E-state index contributed by atoms with van der Waals surface area (Å²) in [6.45, 7) is 0. The molecule has 3 rings (SSSR count). The van der Waals surface area contributed by atoms with Crippen molar-refractivity contribution in [1.29, 1.82) is 0 Å². The smallest absolute Gasteiger partial charge is 0.205 e. The third-order valence-corrected chi connectivity index (χ3v) is 3.70. The molecular weight excluding hydrogens is 290 g/mol. The van der Waals surface area contributed by atoms with Crippen molar-refractivity contribution in [2.45, 2.75) is 6.43 Å². The van der Waals surface area contributed by atoms with Crippen LogP contribution in [0.5, 0.6) is 0 Å². The van der Waals surface area contributed by atoms with E-state index >= 15 is 0 Å². The van der Waals surface area contributed by atoms with Crippen LogP contribution in [0.15, 0.2) is 91.0 Å². The lowest BCUT2D eigenvalue weighted by atomic mass is 9.89. The molecule has 0 amide bonds. The fraction of sp³-hybridized carbons (Fsp3) is 0.0476. The molecule has 0 saturated heterocycles. The lowest BCUT2D eigenvalue weighted by molar-refractivity contribution is 0.215. The first-order valence-corrected chi connectivity index (χ1v) is 7.46. The van der Waals surface area contributed by atoms with Crippen LogP contribution in [0, 0.1) is 0 Å². The van der Waals surface area contributed by atoms with Gasteiger partial charge in [-0.2, -0.15) is 0 Å². The van der Waals surface area contributed by atoms with Crippen LogP contribution in [0.2, 0.25) is 0 Å². The van der Waals surface area contributed by atoms with Gasteiger partial charge in [0.25, 0.3) is 6.43 Å². The molecule has 0 atom stereocenters. The summed E-state index contributed by atoms with van der Waals surface area (Å²) < 4.78 is 27.9. The Labute approximate surface area is 134 Å². The molecule has 114 valence electrons. The monoisotopic (exact) mass is 306 g/mol. The highest BCUT2D eigenvalue weighted by molar-refractivity contribution is 5.99.